The van der Waals surface area contributed by atoms with Crippen LogP contribution < -0.4 is 25.8 Å². The number of nitrogens with one attached hydrogen (secondary N) is 5. The van der Waals surface area contributed by atoms with E-state index >= 15 is 0 Å². The van der Waals surface area contributed by atoms with Crippen molar-refractivity contribution in [2.24, 2.45) is 10.9 Å². The van der Waals surface area contributed by atoms with E-state index in [1.165, 1.54) is 16.0 Å². The lowest BCUT2D eigenvalue weighted by atomic mass is 10.1. The molecule has 2 saturated heterocycles. The second-order valence-corrected chi connectivity index (χ2v) is 7.68. The van der Waals surface area contributed by atoms with Crippen molar-refractivity contribution in [3.63, 3.8) is 0 Å². The van der Waals surface area contributed by atoms with Crippen molar-refractivity contribution in [2.75, 3.05) is 51.1 Å². The lowest BCUT2D eigenvalue weighted by molar-refractivity contribution is -1.01. The number of urea groups is 1. The minimum atomic E-state index is -1.06. The van der Waals surface area contributed by atoms with Crippen LogP contribution >= 0.6 is 0 Å². The van der Waals surface area contributed by atoms with Crippen LogP contribution in [0.5, 0.6) is 0 Å². The van der Waals surface area contributed by atoms with Crippen molar-refractivity contribution in [1.82, 2.24) is 10.6 Å². The average molecular weight is 416 g/mol. The van der Waals surface area contributed by atoms with E-state index in [4.69, 9.17) is 0 Å². The first-order valence-electron chi connectivity index (χ1n) is 10.1. The van der Waals surface area contributed by atoms with Crippen molar-refractivity contribution in [1.29, 1.82) is 0 Å². The summed E-state index contributed by atoms with van der Waals surface area (Å²) < 4.78 is 0. The van der Waals surface area contributed by atoms with E-state index < -0.39 is 23.8 Å². The number of piperazine rings is 1. The number of rotatable bonds is 7. The second-order valence-electron chi connectivity index (χ2n) is 7.68. The van der Waals surface area contributed by atoms with Gasteiger partial charge in [-0.1, -0.05) is 17.7 Å². The molecule has 30 heavy (non-hydrogen) atoms. The van der Waals surface area contributed by atoms with Gasteiger partial charge in [0.05, 0.1) is 13.1 Å². The van der Waals surface area contributed by atoms with Crippen LogP contribution in [0.4, 0.5) is 10.5 Å². The van der Waals surface area contributed by atoms with E-state index in [1.807, 2.05) is 41.8 Å². The van der Waals surface area contributed by atoms with Gasteiger partial charge in [0.2, 0.25) is 11.8 Å². The fraction of sp³-hybridized carbons (Fsp3) is 0.450. The van der Waals surface area contributed by atoms with Gasteiger partial charge in [0.25, 0.3) is 5.91 Å². The highest BCUT2D eigenvalue weighted by molar-refractivity contribution is 6.23. The van der Waals surface area contributed by atoms with Gasteiger partial charge in [0.1, 0.15) is 26.2 Å². The molecule has 2 aliphatic rings. The zero-order valence-electron chi connectivity index (χ0n) is 17.0. The van der Waals surface area contributed by atoms with Crippen LogP contribution in [0.15, 0.2) is 29.3 Å². The topological polar surface area (TPSA) is 126 Å². The van der Waals surface area contributed by atoms with Gasteiger partial charge in [-0.15, -0.1) is 0 Å². The molecule has 0 atom stereocenters. The highest BCUT2D eigenvalue weighted by Gasteiger charge is 2.32. The van der Waals surface area contributed by atoms with Crippen LogP contribution in [-0.4, -0.2) is 75.8 Å². The van der Waals surface area contributed by atoms with E-state index in [0.717, 1.165) is 44.0 Å². The van der Waals surface area contributed by atoms with Gasteiger partial charge in [0, 0.05) is 11.9 Å². The first-order chi connectivity index (χ1) is 14.4. The summed E-state index contributed by atoms with van der Waals surface area (Å²) in [6.07, 6.45) is 1.30. The first-order valence-corrected chi connectivity index (χ1v) is 10.1. The van der Waals surface area contributed by atoms with Crippen LogP contribution in [0.1, 0.15) is 5.56 Å². The molecule has 160 valence electrons. The van der Waals surface area contributed by atoms with E-state index in [-0.39, 0.29) is 5.91 Å². The smallest absolute Gasteiger partial charge is 0.324 e. The number of imide groups is 2. The van der Waals surface area contributed by atoms with Crippen molar-refractivity contribution < 1.29 is 29.0 Å². The lowest BCUT2D eigenvalue weighted by Gasteiger charge is -2.29. The number of barbiturate groups is 1. The third kappa shape index (κ3) is 6.19. The number of benzene rings is 1. The summed E-state index contributed by atoms with van der Waals surface area (Å²) in [7, 11) is 0. The number of anilines is 1. The number of hydrogen-bond acceptors (Lipinski definition) is 5. The summed E-state index contributed by atoms with van der Waals surface area (Å²) in [6, 6.07) is 6.96. The molecule has 0 saturated carbocycles. The Labute approximate surface area is 174 Å². The molecule has 0 unspecified atom stereocenters. The lowest BCUT2D eigenvalue weighted by Crippen LogP contribution is -3.28. The van der Waals surface area contributed by atoms with Crippen LogP contribution in [0, 0.1) is 12.8 Å². The Hall–Kier alpha value is -3.11. The van der Waals surface area contributed by atoms with Crippen molar-refractivity contribution in [3.8, 4) is 0 Å². The summed E-state index contributed by atoms with van der Waals surface area (Å²) in [6.45, 7) is 7.39. The monoisotopic (exact) mass is 416 g/mol. The largest absolute Gasteiger partial charge is 0.328 e. The number of nitrogens with zero attached hydrogens (tertiary/aromatic N) is 1. The van der Waals surface area contributed by atoms with Gasteiger partial charge in [-0.3, -0.25) is 30.0 Å². The van der Waals surface area contributed by atoms with E-state index in [2.05, 4.69) is 10.3 Å². The van der Waals surface area contributed by atoms with Crippen molar-refractivity contribution >= 4 is 35.7 Å². The van der Waals surface area contributed by atoms with Crippen LogP contribution in [0.3, 0.4) is 0 Å². The minimum Gasteiger partial charge on any atom is -0.324 e. The summed E-state index contributed by atoms with van der Waals surface area (Å²) in [5, 5.41) is 7.03. The molecule has 2 heterocycles. The van der Waals surface area contributed by atoms with E-state index in [9.17, 15) is 19.2 Å². The molecule has 0 bridgehead atoms. The number of aryl methyl sites for hydroxylation is 1. The Morgan fingerprint density at radius 1 is 1.07 bits per heavy atom. The molecule has 10 nitrogen and oxygen atoms in total. The first kappa shape index (κ1) is 21.6. The summed E-state index contributed by atoms with van der Waals surface area (Å²) in [5.41, 5.74) is 1.97. The SMILES string of the molecule is Cc1ccc(NC(=O)C[NH+]2CC[NH+](CCN=CC3C(=O)NC(=O)NC3=O)CC2)cc1. The molecule has 2 aliphatic heterocycles. The highest BCUT2D eigenvalue weighted by atomic mass is 16.2. The molecule has 0 radical (unpaired) electrons. The van der Waals surface area contributed by atoms with Gasteiger partial charge in [0.15, 0.2) is 12.5 Å². The molecule has 3 rings (SSSR count). The molecule has 1 aromatic rings. The Bertz CT molecular complexity index is 810. The molecule has 0 aromatic heterocycles. The molecule has 5 N–H and O–H groups in total. The number of quaternary nitrogens is 2. The molecule has 0 aliphatic carbocycles. The molecular formula is C20H28N6O4+2. The molecule has 1 aromatic carbocycles. The van der Waals surface area contributed by atoms with Crippen LogP contribution in [0.2, 0.25) is 0 Å². The van der Waals surface area contributed by atoms with E-state index in [1.54, 1.807) is 0 Å². The number of carbonyl (C=O) groups is 4. The maximum Gasteiger partial charge on any atom is 0.328 e. The number of carbonyl (C=O) groups excluding carboxylic acids is 4. The fourth-order valence-corrected chi connectivity index (χ4v) is 3.52. The predicted octanol–water partition coefficient (Wildman–Crippen LogP) is -3.23. The van der Waals surface area contributed by atoms with Gasteiger partial charge in [-0.05, 0) is 19.1 Å². The maximum absolute atomic E-state index is 12.2. The predicted molar refractivity (Wildman–Crippen MR) is 109 cm³/mol. The Balaban J connectivity index is 1.34. The maximum atomic E-state index is 12.2. The van der Waals surface area contributed by atoms with Gasteiger partial charge < -0.3 is 15.1 Å². The Morgan fingerprint density at radius 3 is 2.30 bits per heavy atom. The van der Waals surface area contributed by atoms with Crippen LogP contribution in [0.25, 0.3) is 0 Å². The van der Waals surface area contributed by atoms with Gasteiger partial charge in [-0.25, -0.2) is 4.79 Å². The standard InChI is InChI=1S/C20H26N6O4/c1-14-2-4-15(5-3-14)22-17(27)13-26-10-8-25(9-11-26)7-6-21-12-16-18(28)23-20(30)24-19(16)29/h2-5,12,16H,6-11,13H2,1H3,(H,22,27)(H2,23,24,28,29,30)/p+2. The molecular weight excluding hydrogens is 388 g/mol. The third-order valence-electron chi connectivity index (χ3n) is 5.30. The summed E-state index contributed by atoms with van der Waals surface area (Å²) in [5.74, 6) is -2.35. The normalized spacial score (nSPS) is 22.6. The summed E-state index contributed by atoms with van der Waals surface area (Å²) >= 11 is 0. The zero-order chi connectivity index (χ0) is 21.5. The van der Waals surface area contributed by atoms with Crippen LogP contribution in [-0.2, 0) is 14.4 Å². The second kappa shape index (κ2) is 10.1. The Kier molecular flexibility index (Phi) is 7.26. The summed E-state index contributed by atoms with van der Waals surface area (Å²) in [4.78, 5) is 53.4. The number of aliphatic imine (C=N–C) groups is 1. The molecule has 10 heteroatoms. The average Bonchev–Trinajstić information content (AvgIpc) is 2.69. The highest BCUT2D eigenvalue weighted by Crippen LogP contribution is 2.07. The van der Waals surface area contributed by atoms with Gasteiger partial charge >= 0.3 is 6.03 Å². The quantitative estimate of drug-likeness (QED) is 0.237. The van der Waals surface area contributed by atoms with Gasteiger partial charge in [-0.2, -0.15) is 0 Å². The number of amides is 5. The fourth-order valence-electron chi connectivity index (χ4n) is 3.52. The minimum absolute atomic E-state index is 0.0180. The van der Waals surface area contributed by atoms with Crippen molar-refractivity contribution in [3.05, 3.63) is 29.8 Å². The zero-order valence-corrected chi connectivity index (χ0v) is 17.0. The third-order valence-corrected chi connectivity index (χ3v) is 5.30. The molecule has 2 fully saturated rings. The molecule has 0 spiro atoms. The van der Waals surface area contributed by atoms with E-state index in [0.29, 0.717) is 13.1 Å². The number of hydrogen-bond donors (Lipinski definition) is 5. The molecule has 5 amide bonds. The van der Waals surface area contributed by atoms with Crippen molar-refractivity contribution in [2.45, 2.75) is 6.92 Å². The Morgan fingerprint density at radius 2 is 1.67 bits per heavy atom.